The number of rotatable bonds is 9. The molecule has 0 radical (unpaired) electrons. The summed E-state index contributed by atoms with van der Waals surface area (Å²) in [6.07, 6.45) is 3.59. The molecule has 230 valence electrons. The minimum Gasteiger partial charge on any atom is -0.494 e. The molecule has 44 heavy (non-hydrogen) atoms. The number of fused-ring (bicyclic) bond motifs is 1. The van der Waals surface area contributed by atoms with E-state index >= 15 is 0 Å². The van der Waals surface area contributed by atoms with E-state index in [4.69, 9.17) is 24.2 Å². The fourth-order valence-electron chi connectivity index (χ4n) is 7.07. The van der Waals surface area contributed by atoms with Gasteiger partial charge in [-0.05, 0) is 50.2 Å². The van der Waals surface area contributed by atoms with Gasteiger partial charge in [0, 0.05) is 74.2 Å². The number of nitrogens with zero attached hydrogens (tertiary/aromatic N) is 5. The zero-order valence-electron chi connectivity index (χ0n) is 25.3. The number of amides is 1. The number of benzene rings is 2. The SMILES string of the molecule is C=CC(=O)Nc1cccc(Oc2nc(Nc3ccc(N4CCC(N5CC6(CN(C)C6)C5)CC4)cc3OC)nc3c2COC3)c1. The van der Waals surface area contributed by atoms with E-state index in [-0.39, 0.29) is 5.91 Å². The van der Waals surface area contributed by atoms with Gasteiger partial charge in [-0.3, -0.25) is 9.69 Å². The van der Waals surface area contributed by atoms with Crippen LogP contribution in [0.4, 0.5) is 23.0 Å². The predicted octanol–water partition coefficient (Wildman–Crippen LogP) is 4.39. The first-order chi connectivity index (χ1) is 21.4. The number of nitrogens with one attached hydrogen (secondary N) is 2. The van der Waals surface area contributed by atoms with Gasteiger partial charge in [0.25, 0.3) is 0 Å². The number of carbonyl (C=O) groups excluding carboxylic acids is 1. The van der Waals surface area contributed by atoms with Gasteiger partial charge in [0.1, 0.15) is 11.5 Å². The molecule has 0 atom stereocenters. The summed E-state index contributed by atoms with van der Waals surface area (Å²) in [7, 11) is 3.90. The summed E-state index contributed by atoms with van der Waals surface area (Å²) in [5.74, 6) is 1.74. The maximum Gasteiger partial charge on any atom is 0.247 e. The Morgan fingerprint density at radius 2 is 1.91 bits per heavy atom. The van der Waals surface area contributed by atoms with Crippen molar-refractivity contribution in [3.63, 3.8) is 0 Å². The van der Waals surface area contributed by atoms with Crippen LogP contribution in [0.2, 0.25) is 0 Å². The lowest BCUT2D eigenvalue weighted by atomic mass is 9.72. The first-order valence-electron chi connectivity index (χ1n) is 15.2. The van der Waals surface area contributed by atoms with Crippen molar-refractivity contribution in [3.8, 4) is 17.4 Å². The molecule has 1 spiro atoms. The number of hydrogen-bond donors (Lipinski definition) is 2. The number of ether oxygens (including phenoxy) is 3. The Hall–Kier alpha value is -4.19. The highest BCUT2D eigenvalue weighted by atomic mass is 16.5. The summed E-state index contributed by atoms with van der Waals surface area (Å²) in [6.45, 7) is 11.4. The van der Waals surface area contributed by atoms with Crippen molar-refractivity contribution < 1.29 is 19.0 Å². The lowest BCUT2D eigenvalue weighted by Gasteiger charge is -2.62. The molecule has 11 nitrogen and oxygen atoms in total. The first-order valence-corrected chi connectivity index (χ1v) is 15.2. The number of hydrogen-bond acceptors (Lipinski definition) is 10. The van der Waals surface area contributed by atoms with Crippen molar-refractivity contribution in [2.45, 2.75) is 32.1 Å². The Morgan fingerprint density at radius 3 is 2.66 bits per heavy atom. The number of methoxy groups -OCH3 is 1. The summed E-state index contributed by atoms with van der Waals surface area (Å²) in [4.78, 5) is 28.7. The van der Waals surface area contributed by atoms with Gasteiger partial charge < -0.3 is 34.6 Å². The van der Waals surface area contributed by atoms with E-state index in [0.717, 1.165) is 41.5 Å². The van der Waals surface area contributed by atoms with E-state index in [1.165, 1.54) is 45.1 Å². The second kappa shape index (κ2) is 11.7. The van der Waals surface area contributed by atoms with Gasteiger partial charge in [-0.1, -0.05) is 12.6 Å². The van der Waals surface area contributed by atoms with E-state index in [1.54, 1.807) is 31.4 Å². The molecule has 3 saturated heterocycles. The van der Waals surface area contributed by atoms with Crippen molar-refractivity contribution in [3.05, 3.63) is 66.4 Å². The van der Waals surface area contributed by atoms with Gasteiger partial charge in [-0.25, -0.2) is 4.98 Å². The molecule has 4 aliphatic rings. The smallest absolute Gasteiger partial charge is 0.247 e. The first kappa shape index (κ1) is 28.6. The molecule has 4 aliphatic heterocycles. The van der Waals surface area contributed by atoms with Gasteiger partial charge in [-0.15, -0.1) is 0 Å². The fourth-order valence-corrected chi connectivity index (χ4v) is 7.07. The molecule has 0 aliphatic carbocycles. The molecule has 1 aromatic heterocycles. The van der Waals surface area contributed by atoms with Crippen LogP contribution < -0.4 is 25.0 Å². The molecule has 7 rings (SSSR count). The van der Waals surface area contributed by atoms with Crippen LogP contribution >= 0.6 is 0 Å². The van der Waals surface area contributed by atoms with Crippen LogP contribution in [0.25, 0.3) is 0 Å². The zero-order valence-corrected chi connectivity index (χ0v) is 25.3. The van der Waals surface area contributed by atoms with Gasteiger partial charge >= 0.3 is 0 Å². The monoisotopic (exact) mass is 597 g/mol. The Morgan fingerprint density at radius 1 is 1.09 bits per heavy atom. The number of carbonyl (C=O) groups is 1. The molecule has 0 bridgehead atoms. The molecule has 11 heteroatoms. The van der Waals surface area contributed by atoms with Crippen LogP contribution in [0.1, 0.15) is 24.1 Å². The van der Waals surface area contributed by atoms with Gasteiger partial charge in [0.2, 0.25) is 17.7 Å². The summed E-state index contributed by atoms with van der Waals surface area (Å²) < 4.78 is 17.6. The van der Waals surface area contributed by atoms with E-state index in [2.05, 4.69) is 51.1 Å². The summed E-state index contributed by atoms with van der Waals surface area (Å²) in [6, 6.07) is 14.0. The summed E-state index contributed by atoms with van der Waals surface area (Å²) >= 11 is 0. The number of aromatic nitrogens is 2. The normalized spacial score (nSPS) is 19.5. The second-order valence-electron chi connectivity index (χ2n) is 12.4. The van der Waals surface area contributed by atoms with Gasteiger partial charge in [0.05, 0.1) is 37.3 Å². The minimum atomic E-state index is -0.295. The third kappa shape index (κ3) is 5.70. The minimum absolute atomic E-state index is 0.295. The number of likely N-dealkylation sites (tertiary alicyclic amines) is 2. The Bertz CT molecular complexity index is 1560. The summed E-state index contributed by atoms with van der Waals surface area (Å²) in [5, 5.41) is 6.08. The number of piperidine rings is 1. The quantitative estimate of drug-likeness (QED) is 0.345. The standard InChI is InChI=1S/C33H39N7O4/c1-4-30(41)34-22-6-5-7-25(14-22)44-31-26-16-43-17-28(26)36-32(37-31)35-27-9-8-24(15-29(27)42-3)39-12-10-23(11-13-39)40-20-33(21-40)18-38(2)19-33/h4-9,14-15,23H,1,10-13,16-21H2,2-3H3,(H,34,41)(H,35,36,37). The van der Waals surface area contributed by atoms with E-state index in [0.29, 0.717) is 47.9 Å². The van der Waals surface area contributed by atoms with E-state index in [1.807, 2.05) is 6.07 Å². The highest BCUT2D eigenvalue weighted by Crippen LogP contribution is 2.42. The lowest BCUT2D eigenvalue weighted by molar-refractivity contribution is -0.123. The largest absolute Gasteiger partial charge is 0.494 e. The molecule has 3 fully saturated rings. The Kier molecular flexibility index (Phi) is 7.61. The molecule has 5 heterocycles. The summed E-state index contributed by atoms with van der Waals surface area (Å²) in [5.41, 5.74) is 4.67. The van der Waals surface area contributed by atoms with Gasteiger partial charge in [-0.2, -0.15) is 4.98 Å². The lowest BCUT2D eigenvalue weighted by Crippen LogP contribution is -2.73. The second-order valence-corrected chi connectivity index (χ2v) is 12.4. The molecule has 2 N–H and O–H groups in total. The maximum absolute atomic E-state index is 11.7. The van der Waals surface area contributed by atoms with Crippen molar-refractivity contribution >= 4 is 28.9 Å². The third-order valence-electron chi connectivity index (χ3n) is 9.11. The molecule has 3 aromatic rings. The third-order valence-corrected chi connectivity index (χ3v) is 9.11. The zero-order chi connectivity index (χ0) is 30.3. The molecule has 1 amide bonds. The highest BCUT2D eigenvalue weighted by molar-refractivity contribution is 5.98. The maximum atomic E-state index is 11.7. The van der Waals surface area contributed by atoms with E-state index < -0.39 is 0 Å². The number of anilines is 4. The van der Waals surface area contributed by atoms with Gasteiger partial charge in [0.15, 0.2) is 0 Å². The molecule has 2 aromatic carbocycles. The Labute approximate surface area is 257 Å². The Balaban J connectivity index is 1.03. The molecule has 0 saturated carbocycles. The van der Waals surface area contributed by atoms with Crippen molar-refractivity contribution in [2.75, 3.05) is 69.0 Å². The fraction of sp³-hybridized carbons (Fsp3) is 0.424. The van der Waals surface area contributed by atoms with Crippen LogP contribution in [0, 0.1) is 5.41 Å². The topological polar surface area (TPSA) is 104 Å². The molecular formula is C33H39N7O4. The highest BCUT2D eigenvalue weighted by Gasteiger charge is 2.51. The van der Waals surface area contributed by atoms with Crippen molar-refractivity contribution in [1.82, 2.24) is 19.8 Å². The predicted molar refractivity (Wildman–Crippen MR) is 169 cm³/mol. The van der Waals surface area contributed by atoms with Crippen LogP contribution in [0.3, 0.4) is 0 Å². The van der Waals surface area contributed by atoms with Crippen molar-refractivity contribution in [2.24, 2.45) is 5.41 Å². The van der Waals surface area contributed by atoms with E-state index in [9.17, 15) is 4.79 Å². The van der Waals surface area contributed by atoms with Crippen LogP contribution in [-0.2, 0) is 22.7 Å². The van der Waals surface area contributed by atoms with Crippen molar-refractivity contribution in [1.29, 1.82) is 0 Å². The average Bonchev–Trinajstić information content (AvgIpc) is 3.48. The van der Waals surface area contributed by atoms with Crippen LogP contribution in [-0.4, -0.2) is 85.1 Å². The molecular weight excluding hydrogens is 558 g/mol. The average molecular weight is 598 g/mol. The van der Waals surface area contributed by atoms with Crippen LogP contribution in [0.5, 0.6) is 17.4 Å². The molecule has 0 unspecified atom stereocenters. The van der Waals surface area contributed by atoms with Crippen LogP contribution in [0.15, 0.2) is 55.1 Å².